The van der Waals surface area contributed by atoms with E-state index in [1.165, 1.54) is 6.33 Å². The molecule has 2 aromatic rings. The van der Waals surface area contributed by atoms with E-state index in [1.54, 1.807) is 13.2 Å². The molecule has 1 aromatic heterocycles. The molecule has 0 aliphatic rings. The molecule has 0 radical (unpaired) electrons. The van der Waals surface area contributed by atoms with Crippen molar-refractivity contribution in [3.05, 3.63) is 29.0 Å². The van der Waals surface area contributed by atoms with Crippen LogP contribution in [-0.4, -0.2) is 22.3 Å². The highest BCUT2D eigenvalue weighted by Gasteiger charge is 2.12. The minimum absolute atomic E-state index is 0.323. The zero-order chi connectivity index (χ0) is 12.4. The lowest BCUT2D eigenvalue weighted by molar-refractivity contribution is 0.415. The molecular formula is C11H11ClN4O. The first-order valence-electron chi connectivity index (χ1n) is 4.91. The number of nitrogen functional groups attached to an aromatic ring is 1. The number of hydrogen-bond donors (Lipinski definition) is 1. The van der Waals surface area contributed by atoms with Crippen LogP contribution in [-0.2, 0) is 0 Å². The van der Waals surface area contributed by atoms with E-state index in [9.17, 15) is 0 Å². The number of methoxy groups -OCH3 is 1. The maximum absolute atomic E-state index is 6.07. The van der Waals surface area contributed by atoms with Crippen LogP contribution >= 0.6 is 11.6 Å². The van der Waals surface area contributed by atoms with E-state index in [2.05, 4.69) is 15.2 Å². The van der Waals surface area contributed by atoms with Crippen molar-refractivity contribution in [2.45, 2.75) is 6.92 Å². The van der Waals surface area contributed by atoms with Crippen LogP contribution in [0.4, 0.5) is 5.82 Å². The van der Waals surface area contributed by atoms with Crippen molar-refractivity contribution in [3.63, 3.8) is 0 Å². The summed E-state index contributed by atoms with van der Waals surface area (Å²) in [7, 11) is 1.57. The summed E-state index contributed by atoms with van der Waals surface area (Å²) in [6.45, 7) is 1.92. The van der Waals surface area contributed by atoms with Crippen LogP contribution in [0, 0.1) is 6.92 Å². The molecule has 0 saturated heterocycles. The van der Waals surface area contributed by atoms with Gasteiger partial charge >= 0.3 is 0 Å². The zero-order valence-corrected chi connectivity index (χ0v) is 10.2. The van der Waals surface area contributed by atoms with Gasteiger partial charge in [0, 0.05) is 5.56 Å². The topological polar surface area (TPSA) is 73.9 Å². The quantitative estimate of drug-likeness (QED) is 0.883. The van der Waals surface area contributed by atoms with Crippen molar-refractivity contribution < 1.29 is 4.74 Å². The third kappa shape index (κ3) is 2.14. The fourth-order valence-electron chi connectivity index (χ4n) is 1.54. The SMILES string of the molecule is COc1cc(C)c(-c2nncnc2N)cc1Cl. The third-order valence-corrected chi connectivity index (χ3v) is 2.70. The Labute approximate surface area is 104 Å². The summed E-state index contributed by atoms with van der Waals surface area (Å²) in [6, 6.07) is 3.57. The molecule has 1 heterocycles. The zero-order valence-electron chi connectivity index (χ0n) is 9.44. The minimum Gasteiger partial charge on any atom is -0.495 e. The highest BCUT2D eigenvalue weighted by atomic mass is 35.5. The van der Waals surface area contributed by atoms with Crippen LogP contribution in [0.5, 0.6) is 5.75 Å². The number of nitrogens with two attached hydrogens (primary N) is 1. The van der Waals surface area contributed by atoms with Crippen LogP contribution in [0.1, 0.15) is 5.56 Å². The second-order valence-corrected chi connectivity index (χ2v) is 3.90. The Morgan fingerprint density at radius 2 is 2.12 bits per heavy atom. The summed E-state index contributed by atoms with van der Waals surface area (Å²) in [5.41, 5.74) is 8.02. The summed E-state index contributed by atoms with van der Waals surface area (Å²) >= 11 is 6.07. The highest BCUT2D eigenvalue weighted by molar-refractivity contribution is 6.32. The van der Waals surface area contributed by atoms with Crippen molar-refractivity contribution in [2.24, 2.45) is 0 Å². The molecule has 0 aliphatic heterocycles. The molecule has 0 aliphatic carbocycles. The van der Waals surface area contributed by atoms with Gasteiger partial charge in [0.25, 0.3) is 0 Å². The minimum atomic E-state index is 0.323. The molecule has 0 bridgehead atoms. The third-order valence-electron chi connectivity index (χ3n) is 2.40. The van der Waals surface area contributed by atoms with Crippen molar-refractivity contribution in [2.75, 3.05) is 12.8 Å². The van der Waals surface area contributed by atoms with Crippen molar-refractivity contribution in [1.29, 1.82) is 0 Å². The smallest absolute Gasteiger partial charge is 0.153 e. The molecule has 0 spiro atoms. The van der Waals surface area contributed by atoms with E-state index in [0.29, 0.717) is 22.3 Å². The molecule has 0 unspecified atom stereocenters. The summed E-state index contributed by atoms with van der Waals surface area (Å²) in [5.74, 6) is 0.938. The number of aromatic nitrogens is 3. The fraction of sp³-hybridized carbons (Fsp3) is 0.182. The summed E-state index contributed by atoms with van der Waals surface area (Å²) in [4.78, 5) is 3.90. The first kappa shape index (κ1) is 11.6. The van der Waals surface area contributed by atoms with Gasteiger partial charge in [-0.1, -0.05) is 11.6 Å². The second-order valence-electron chi connectivity index (χ2n) is 3.50. The Kier molecular flexibility index (Phi) is 3.10. The van der Waals surface area contributed by atoms with Gasteiger partial charge in [0.05, 0.1) is 12.1 Å². The first-order valence-corrected chi connectivity index (χ1v) is 5.29. The van der Waals surface area contributed by atoms with Gasteiger partial charge in [0.1, 0.15) is 17.8 Å². The van der Waals surface area contributed by atoms with Gasteiger partial charge in [0.2, 0.25) is 0 Å². The number of nitrogens with zero attached hydrogens (tertiary/aromatic N) is 3. The van der Waals surface area contributed by atoms with Crippen molar-refractivity contribution >= 4 is 17.4 Å². The van der Waals surface area contributed by atoms with E-state index in [4.69, 9.17) is 22.1 Å². The average Bonchev–Trinajstić information content (AvgIpc) is 2.32. The van der Waals surface area contributed by atoms with Gasteiger partial charge in [0.15, 0.2) is 5.82 Å². The molecule has 2 rings (SSSR count). The lowest BCUT2D eigenvalue weighted by atomic mass is 10.1. The van der Waals surface area contributed by atoms with Gasteiger partial charge in [-0.3, -0.25) is 0 Å². The van der Waals surface area contributed by atoms with Gasteiger partial charge in [-0.05, 0) is 24.6 Å². The predicted molar refractivity (Wildman–Crippen MR) is 66.0 cm³/mol. The van der Waals surface area contributed by atoms with Gasteiger partial charge in [-0.15, -0.1) is 10.2 Å². The largest absolute Gasteiger partial charge is 0.495 e. The maximum atomic E-state index is 6.07. The molecular weight excluding hydrogens is 240 g/mol. The van der Waals surface area contributed by atoms with Crippen LogP contribution in [0.3, 0.4) is 0 Å². The number of aryl methyl sites for hydroxylation is 1. The van der Waals surface area contributed by atoms with Crippen molar-refractivity contribution in [3.8, 4) is 17.0 Å². The fourth-order valence-corrected chi connectivity index (χ4v) is 1.78. The molecule has 6 heteroatoms. The maximum Gasteiger partial charge on any atom is 0.153 e. The Balaban J connectivity index is 2.61. The van der Waals surface area contributed by atoms with E-state index >= 15 is 0 Å². The first-order chi connectivity index (χ1) is 8.13. The molecule has 0 fully saturated rings. The summed E-state index contributed by atoms with van der Waals surface area (Å²) in [6.07, 6.45) is 1.30. The molecule has 5 nitrogen and oxygen atoms in total. The van der Waals surface area contributed by atoms with E-state index in [0.717, 1.165) is 11.1 Å². The second kappa shape index (κ2) is 4.55. The van der Waals surface area contributed by atoms with Crippen molar-refractivity contribution in [1.82, 2.24) is 15.2 Å². The van der Waals surface area contributed by atoms with Gasteiger partial charge in [-0.25, -0.2) is 4.98 Å². The average molecular weight is 251 g/mol. The molecule has 88 valence electrons. The monoisotopic (exact) mass is 250 g/mol. The number of anilines is 1. The Bertz CT molecular complexity index is 559. The van der Waals surface area contributed by atoms with E-state index in [1.807, 2.05) is 13.0 Å². The number of hydrogen-bond acceptors (Lipinski definition) is 5. The number of halogens is 1. The standard InChI is InChI=1S/C11H11ClN4O/c1-6-3-9(17-2)8(12)4-7(6)10-11(13)14-5-15-16-10/h3-5H,1-2H3,(H2,13,14,15). The lowest BCUT2D eigenvalue weighted by Crippen LogP contribution is -2.00. The van der Waals surface area contributed by atoms with Crippen LogP contribution in [0.25, 0.3) is 11.3 Å². The number of rotatable bonds is 2. The van der Waals surface area contributed by atoms with E-state index < -0.39 is 0 Å². The molecule has 17 heavy (non-hydrogen) atoms. The van der Waals surface area contributed by atoms with Gasteiger partial charge < -0.3 is 10.5 Å². The lowest BCUT2D eigenvalue weighted by Gasteiger charge is -2.10. The Morgan fingerprint density at radius 3 is 2.76 bits per heavy atom. The molecule has 0 atom stereocenters. The molecule has 0 amide bonds. The Morgan fingerprint density at radius 1 is 1.35 bits per heavy atom. The molecule has 0 saturated carbocycles. The highest BCUT2D eigenvalue weighted by Crippen LogP contribution is 2.33. The van der Waals surface area contributed by atoms with Crippen LogP contribution in [0.2, 0.25) is 5.02 Å². The number of ether oxygens (including phenoxy) is 1. The summed E-state index contributed by atoms with van der Waals surface area (Å²) in [5, 5.41) is 8.19. The number of benzene rings is 1. The predicted octanol–water partition coefficient (Wildman–Crippen LogP) is 2.09. The molecule has 2 N–H and O–H groups in total. The Hall–Kier alpha value is -1.88. The van der Waals surface area contributed by atoms with Gasteiger partial charge in [-0.2, -0.15) is 0 Å². The normalized spacial score (nSPS) is 10.3. The molecule has 1 aromatic carbocycles. The van der Waals surface area contributed by atoms with E-state index in [-0.39, 0.29) is 0 Å². The van der Waals surface area contributed by atoms with Crippen LogP contribution in [0.15, 0.2) is 18.5 Å². The summed E-state index contributed by atoms with van der Waals surface area (Å²) < 4.78 is 5.13. The van der Waals surface area contributed by atoms with Crippen LogP contribution < -0.4 is 10.5 Å².